The van der Waals surface area contributed by atoms with E-state index in [2.05, 4.69) is 69.0 Å². The molecule has 3 heteroatoms. The van der Waals surface area contributed by atoms with Crippen LogP contribution in [0.15, 0.2) is 61.2 Å². The van der Waals surface area contributed by atoms with E-state index in [-0.39, 0.29) is 6.29 Å². The molecule has 1 unspecified atom stereocenters. The van der Waals surface area contributed by atoms with Gasteiger partial charge in [0.15, 0.2) is 6.29 Å². The first-order valence-electron chi connectivity index (χ1n) is 13.9. The van der Waals surface area contributed by atoms with Gasteiger partial charge in [-0.2, -0.15) is 0 Å². The average molecular weight is 479 g/mol. The van der Waals surface area contributed by atoms with Crippen LogP contribution in [0.2, 0.25) is 0 Å². The van der Waals surface area contributed by atoms with E-state index in [1.54, 1.807) is 0 Å². The molecule has 0 aromatic heterocycles. The normalized spacial score (nSPS) is 18.8. The zero-order chi connectivity index (χ0) is 24.7. The van der Waals surface area contributed by atoms with Crippen molar-refractivity contribution in [2.45, 2.75) is 84.3 Å². The predicted octanol–water partition coefficient (Wildman–Crippen LogP) is 9.14. The van der Waals surface area contributed by atoms with Crippen molar-refractivity contribution in [1.82, 2.24) is 0 Å². The molecule has 2 aromatic carbocycles. The van der Waals surface area contributed by atoms with Crippen molar-refractivity contribution in [1.29, 1.82) is 0 Å². The molecule has 1 aliphatic heterocycles. The van der Waals surface area contributed by atoms with Crippen molar-refractivity contribution >= 4 is 0 Å². The van der Waals surface area contributed by atoms with Gasteiger partial charge in [0, 0.05) is 11.5 Å². The van der Waals surface area contributed by atoms with Gasteiger partial charge in [-0.05, 0) is 61.3 Å². The van der Waals surface area contributed by atoms with E-state index in [0.29, 0.717) is 5.92 Å². The molecule has 1 heterocycles. The minimum absolute atomic E-state index is 0.245. The Morgan fingerprint density at radius 2 is 1.51 bits per heavy atom. The Labute approximate surface area is 213 Å². The SMILES string of the molecule is C=CCCCCCCCC1COC(c2ccc(-c3ccc(OCCCC(C)CC)cc3)cc2)OC1. The quantitative estimate of drug-likeness (QED) is 0.178. The van der Waals surface area contributed by atoms with Gasteiger partial charge >= 0.3 is 0 Å². The summed E-state index contributed by atoms with van der Waals surface area (Å²) >= 11 is 0. The van der Waals surface area contributed by atoms with Crippen LogP contribution in [-0.4, -0.2) is 19.8 Å². The van der Waals surface area contributed by atoms with Gasteiger partial charge in [-0.3, -0.25) is 0 Å². The Morgan fingerprint density at radius 3 is 2.17 bits per heavy atom. The van der Waals surface area contributed by atoms with Gasteiger partial charge in [-0.1, -0.05) is 88.4 Å². The van der Waals surface area contributed by atoms with Crippen molar-refractivity contribution in [3.05, 3.63) is 66.7 Å². The van der Waals surface area contributed by atoms with Gasteiger partial charge in [0.05, 0.1) is 19.8 Å². The first-order chi connectivity index (χ1) is 17.2. The third kappa shape index (κ3) is 9.82. The largest absolute Gasteiger partial charge is 0.494 e. The van der Waals surface area contributed by atoms with Crippen LogP contribution in [0.5, 0.6) is 5.75 Å². The van der Waals surface area contributed by atoms with E-state index in [9.17, 15) is 0 Å². The molecular weight excluding hydrogens is 432 g/mol. The second-order valence-electron chi connectivity index (χ2n) is 10.1. The third-order valence-corrected chi connectivity index (χ3v) is 7.16. The summed E-state index contributed by atoms with van der Waals surface area (Å²) < 4.78 is 18.0. The molecule has 192 valence electrons. The van der Waals surface area contributed by atoms with Gasteiger partial charge in [-0.25, -0.2) is 0 Å². The van der Waals surface area contributed by atoms with E-state index >= 15 is 0 Å². The highest BCUT2D eigenvalue weighted by Gasteiger charge is 2.23. The summed E-state index contributed by atoms with van der Waals surface area (Å²) in [6, 6.07) is 17.0. The summed E-state index contributed by atoms with van der Waals surface area (Å²) in [6.45, 7) is 10.7. The van der Waals surface area contributed by atoms with Crippen LogP contribution < -0.4 is 4.74 Å². The van der Waals surface area contributed by atoms with E-state index in [0.717, 1.165) is 49.9 Å². The molecular formula is C32H46O3. The van der Waals surface area contributed by atoms with Crippen LogP contribution in [0.3, 0.4) is 0 Å². The summed E-state index contributed by atoms with van der Waals surface area (Å²) in [7, 11) is 0. The molecule has 0 saturated carbocycles. The molecule has 0 aliphatic carbocycles. The number of hydrogen-bond donors (Lipinski definition) is 0. The van der Waals surface area contributed by atoms with Crippen molar-refractivity contribution in [3.63, 3.8) is 0 Å². The number of hydrogen-bond acceptors (Lipinski definition) is 3. The third-order valence-electron chi connectivity index (χ3n) is 7.16. The summed E-state index contributed by atoms with van der Waals surface area (Å²) in [4.78, 5) is 0. The number of unbranched alkanes of at least 4 members (excludes halogenated alkanes) is 5. The second kappa shape index (κ2) is 15.8. The summed E-state index contributed by atoms with van der Waals surface area (Å²) in [5.41, 5.74) is 3.48. The number of allylic oxidation sites excluding steroid dienone is 1. The Morgan fingerprint density at radius 1 is 0.886 bits per heavy atom. The summed E-state index contributed by atoms with van der Waals surface area (Å²) in [5.74, 6) is 2.25. The zero-order valence-electron chi connectivity index (χ0n) is 22.1. The second-order valence-corrected chi connectivity index (χ2v) is 10.1. The minimum Gasteiger partial charge on any atom is -0.494 e. The fraction of sp³-hybridized carbons (Fsp3) is 0.562. The van der Waals surface area contributed by atoms with Crippen molar-refractivity contribution in [2.75, 3.05) is 19.8 Å². The Balaban J connectivity index is 1.36. The lowest BCUT2D eigenvalue weighted by Crippen LogP contribution is -2.27. The molecule has 0 bridgehead atoms. The van der Waals surface area contributed by atoms with E-state index in [4.69, 9.17) is 14.2 Å². The first kappa shape index (κ1) is 27.5. The molecule has 1 atom stereocenters. The van der Waals surface area contributed by atoms with Crippen molar-refractivity contribution in [3.8, 4) is 16.9 Å². The lowest BCUT2D eigenvalue weighted by atomic mass is 10.0. The molecule has 1 fully saturated rings. The fourth-order valence-corrected chi connectivity index (χ4v) is 4.56. The molecule has 0 spiro atoms. The van der Waals surface area contributed by atoms with Crippen LogP contribution in [0.1, 0.15) is 89.9 Å². The maximum atomic E-state index is 6.07. The van der Waals surface area contributed by atoms with Crippen LogP contribution in [0.25, 0.3) is 11.1 Å². The lowest BCUT2D eigenvalue weighted by molar-refractivity contribution is -0.206. The van der Waals surface area contributed by atoms with E-state index in [1.165, 1.54) is 62.5 Å². The molecule has 1 aliphatic rings. The standard InChI is InChI=1S/C32H46O3/c1-4-6-7-8-9-10-11-14-27-24-34-32(35-25-27)30-17-15-28(16-18-30)29-19-21-31(22-20-29)33-23-12-13-26(3)5-2/h4,15-22,26-27,32H,1,5-14,23-25H2,2-3H3. The van der Waals surface area contributed by atoms with E-state index in [1.807, 2.05) is 6.08 Å². The summed E-state index contributed by atoms with van der Waals surface area (Å²) in [6.07, 6.45) is 14.2. The molecule has 1 saturated heterocycles. The molecule has 35 heavy (non-hydrogen) atoms. The predicted molar refractivity (Wildman–Crippen MR) is 147 cm³/mol. The lowest BCUT2D eigenvalue weighted by Gasteiger charge is -2.29. The van der Waals surface area contributed by atoms with Gasteiger partial charge in [-0.15, -0.1) is 6.58 Å². The molecule has 0 N–H and O–H groups in total. The minimum atomic E-state index is -0.245. The van der Waals surface area contributed by atoms with Crippen LogP contribution in [0, 0.1) is 11.8 Å². The van der Waals surface area contributed by atoms with Gasteiger partial charge in [0.1, 0.15) is 5.75 Å². The van der Waals surface area contributed by atoms with E-state index < -0.39 is 0 Å². The highest BCUT2D eigenvalue weighted by molar-refractivity contribution is 5.64. The molecule has 0 radical (unpaired) electrons. The monoisotopic (exact) mass is 478 g/mol. The number of ether oxygens (including phenoxy) is 3. The topological polar surface area (TPSA) is 27.7 Å². The first-order valence-corrected chi connectivity index (χ1v) is 13.9. The highest BCUT2D eigenvalue weighted by Crippen LogP contribution is 2.30. The van der Waals surface area contributed by atoms with Gasteiger partial charge in [0.2, 0.25) is 0 Å². The van der Waals surface area contributed by atoms with Gasteiger partial charge < -0.3 is 14.2 Å². The maximum absolute atomic E-state index is 6.07. The van der Waals surface area contributed by atoms with Crippen molar-refractivity contribution in [2.24, 2.45) is 11.8 Å². The Kier molecular flexibility index (Phi) is 12.4. The van der Waals surface area contributed by atoms with Crippen molar-refractivity contribution < 1.29 is 14.2 Å². The van der Waals surface area contributed by atoms with Gasteiger partial charge in [0.25, 0.3) is 0 Å². The Bertz CT molecular complexity index is 819. The average Bonchev–Trinajstić information content (AvgIpc) is 2.91. The number of benzene rings is 2. The number of rotatable bonds is 16. The fourth-order valence-electron chi connectivity index (χ4n) is 4.56. The highest BCUT2D eigenvalue weighted by atomic mass is 16.7. The summed E-state index contributed by atoms with van der Waals surface area (Å²) in [5, 5.41) is 0. The van der Waals surface area contributed by atoms with Crippen LogP contribution >= 0.6 is 0 Å². The molecule has 0 amide bonds. The smallest absolute Gasteiger partial charge is 0.183 e. The van der Waals surface area contributed by atoms with Crippen LogP contribution in [-0.2, 0) is 9.47 Å². The van der Waals surface area contributed by atoms with Crippen LogP contribution in [0.4, 0.5) is 0 Å². The maximum Gasteiger partial charge on any atom is 0.183 e. The molecule has 3 nitrogen and oxygen atoms in total. The Hall–Kier alpha value is -2.10. The molecule has 3 rings (SSSR count). The zero-order valence-corrected chi connectivity index (χ0v) is 22.1. The molecule has 2 aromatic rings.